The smallest absolute Gasteiger partial charge is 0.272 e. The highest BCUT2D eigenvalue weighted by molar-refractivity contribution is 6.06. The van der Waals surface area contributed by atoms with Crippen LogP contribution in [0.2, 0.25) is 0 Å². The van der Waals surface area contributed by atoms with Crippen LogP contribution in [0.3, 0.4) is 0 Å². The van der Waals surface area contributed by atoms with Crippen molar-refractivity contribution in [1.29, 1.82) is 0 Å². The number of aliphatic hydroxyl groups excluding tert-OH is 1. The van der Waals surface area contributed by atoms with Crippen LogP contribution < -0.4 is 5.32 Å². The molecule has 0 aliphatic heterocycles. The van der Waals surface area contributed by atoms with E-state index < -0.39 is 6.10 Å². The topological polar surface area (TPSA) is 85.0 Å². The quantitative estimate of drug-likeness (QED) is 0.561. The second kappa shape index (κ2) is 7.28. The average Bonchev–Trinajstić information content (AvgIpc) is 3.30. The van der Waals surface area contributed by atoms with Gasteiger partial charge in [0.1, 0.15) is 18.3 Å². The summed E-state index contributed by atoms with van der Waals surface area (Å²) in [6.45, 7) is 2.35. The van der Waals surface area contributed by atoms with Crippen LogP contribution in [0.25, 0.3) is 10.9 Å². The lowest BCUT2D eigenvalue weighted by molar-refractivity contribution is 0.101. The molecule has 0 bridgehead atoms. The van der Waals surface area contributed by atoms with E-state index >= 15 is 0 Å². The van der Waals surface area contributed by atoms with Gasteiger partial charge in [-0.2, -0.15) is 5.10 Å². The summed E-state index contributed by atoms with van der Waals surface area (Å²) < 4.78 is 3.46. The normalized spacial score (nSPS) is 12.2. The van der Waals surface area contributed by atoms with E-state index in [1.54, 1.807) is 35.3 Å². The molecule has 1 atom stereocenters. The Morgan fingerprint density at radius 1 is 1.18 bits per heavy atom. The summed E-state index contributed by atoms with van der Waals surface area (Å²) >= 11 is 0. The van der Waals surface area contributed by atoms with Gasteiger partial charge in [0.2, 0.25) is 0 Å². The zero-order valence-corrected chi connectivity index (χ0v) is 15.7. The standard InChI is InChI=1S/C21H21N5O2/c1-14-3-8-18-16(9-14)10-19(25(18)2)21(28)24-17-6-4-15(5-7-17)20(27)11-26-13-22-12-23-26/h3-10,12-13,20,27H,11H2,1-2H3,(H,24,28)/t20-/m1/s1. The van der Waals surface area contributed by atoms with Gasteiger partial charge in [-0.05, 0) is 42.8 Å². The molecule has 2 heterocycles. The molecule has 2 N–H and O–H groups in total. The first kappa shape index (κ1) is 17.9. The molecule has 0 saturated carbocycles. The summed E-state index contributed by atoms with van der Waals surface area (Å²) in [7, 11) is 1.89. The second-order valence-corrected chi connectivity index (χ2v) is 6.86. The number of carbonyl (C=O) groups is 1. The van der Waals surface area contributed by atoms with Crippen LogP contribution in [0, 0.1) is 6.92 Å². The van der Waals surface area contributed by atoms with Crippen LogP contribution in [0.4, 0.5) is 5.69 Å². The minimum atomic E-state index is -0.701. The van der Waals surface area contributed by atoms with Gasteiger partial charge in [-0.3, -0.25) is 9.48 Å². The highest BCUT2D eigenvalue weighted by atomic mass is 16.3. The summed E-state index contributed by atoms with van der Waals surface area (Å²) in [5.74, 6) is -0.174. The van der Waals surface area contributed by atoms with Gasteiger partial charge < -0.3 is 15.0 Å². The van der Waals surface area contributed by atoms with Gasteiger partial charge in [0, 0.05) is 23.6 Å². The third kappa shape index (κ3) is 3.52. The Morgan fingerprint density at radius 3 is 2.68 bits per heavy atom. The maximum Gasteiger partial charge on any atom is 0.272 e. The molecule has 0 radical (unpaired) electrons. The fraction of sp³-hybridized carbons (Fsp3) is 0.190. The molecule has 1 amide bonds. The van der Waals surface area contributed by atoms with Crippen molar-refractivity contribution in [1.82, 2.24) is 19.3 Å². The Balaban J connectivity index is 1.48. The minimum absolute atomic E-state index is 0.174. The Kier molecular flexibility index (Phi) is 4.67. The maximum absolute atomic E-state index is 12.7. The van der Waals surface area contributed by atoms with Gasteiger partial charge >= 0.3 is 0 Å². The van der Waals surface area contributed by atoms with Crippen molar-refractivity contribution in [3.8, 4) is 0 Å². The Bertz CT molecular complexity index is 1110. The fourth-order valence-electron chi connectivity index (χ4n) is 3.28. The third-order valence-corrected chi connectivity index (χ3v) is 4.81. The van der Waals surface area contributed by atoms with Crippen molar-refractivity contribution in [2.24, 2.45) is 7.05 Å². The number of nitrogens with one attached hydrogen (secondary N) is 1. The van der Waals surface area contributed by atoms with Gasteiger partial charge in [0.05, 0.1) is 12.6 Å². The molecule has 4 aromatic rings. The number of rotatable bonds is 5. The van der Waals surface area contributed by atoms with Crippen LogP contribution in [0.5, 0.6) is 0 Å². The maximum atomic E-state index is 12.7. The summed E-state index contributed by atoms with van der Waals surface area (Å²) in [4.78, 5) is 16.6. The summed E-state index contributed by atoms with van der Waals surface area (Å²) in [5, 5.41) is 18.3. The molecule has 0 aliphatic carbocycles. The molecular formula is C21H21N5O2. The summed E-state index contributed by atoms with van der Waals surface area (Å²) in [6, 6.07) is 15.2. The predicted molar refractivity (Wildman–Crippen MR) is 107 cm³/mol. The van der Waals surface area contributed by atoms with E-state index in [-0.39, 0.29) is 5.91 Å². The van der Waals surface area contributed by atoms with Crippen LogP contribution in [0.15, 0.2) is 61.2 Å². The Labute approximate surface area is 162 Å². The second-order valence-electron chi connectivity index (χ2n) is 6.86. The molecule has 142 valence electrons. The van der Waals surface area contributed by atoms with Crippen molar-refractivity contribution in [2.45, 2.75) is 19.6 Å². The highest BCUT2D eigenvalue weighted by Crippen LogP contribution is 2.22. The highest BCUT2D eigenvalue weighted by Gasteiger charge is 2.14. The largest absolute Gasteiger partial charge is 0.386 e. The van der Waals surface area contributed by atoms with Gasteiger partial charge in [-0.25, -0.2) is 4.98 Å². The van der Waals surface area contributed by atoms with Gasteiger partial charge in [-0.1, -0.05) is 23.8 Å². The lowest BCUT2D eigenvalue weighted by atomic mass is 10.1. The molecular weight excluding hydrogens is 354 g/mol. The first-order valence-electron chi connectivity index (χ1n) is 8.99. The van der Waals surface area contributed by atoms with E-state index in [2.05, 4.69) is 21.5 Å². The molecule has 28 heavy (non-hydrogen) atoms. The van der Waals surface area contributed by atoms with Crippen molar-refractivity contribution < 1.29 is 9.90 Å². The zero-order valence-electron chi connectivity index (χ0n) is 15.7. The van der Waals surface area contributed by atoms with Gasteiger partial charge in [-0.15, -0.1) is 0 Å². The molecule has 7 nitrogen and oxygen atoms in total. The number of hydrogen-bond acceptors (Lipinski definition) is 4. The third-order valence-electron chi connectivity index (χ3n) is 4.81. The lowest BCUT2D eigenvalue weighted by Gasteiger charge is -2.12. The van der Waals surface area contributed by atoms with Gasteiger partial charge in [0.25, 0.3) is 5.91 Å². The average molecular weight is 375 g/mol. The monoisotopic (exact) mass is 375 g/mol. The molecule has 0 spiro atoms. The number of aliphatic hydroxyl groups is 1. The zero-order chi connectivity index (χ0) is 19.7. The van der Waals surface area contributed by atoms with Crippen LogP contribution in [-0.2, 0) is 13.6 Å². The molecule has 4 rings (SSSR count). The summed E-state index contributed by atoms with van der Waals surface area (Å²) in [5.41, 5.74) is 4.18. The number of nitrogens with zero attached hydrogens (tertiary/aromatic N) is 4. The number of hydrogen-bond donors (Lipinski definition) is 2. The fourth-order valence-corrected chi connectivity index (χ4v) is 3.28. The predicted octanol–water partition coefficient (Wildman–Crippen LogP) is 3.06. The number of amides is 1. The number of aromatic nitrogens is 4. The van der Waals surface area contributed by atoms with Crippen LogP contribution in [-0.4, -0.2) is 30.3 Å². The molecule has 2 aromatic carbocycles. The van der Waals surface area contributed by atoms with Crippen molar-refractivity contribution in [3.05, 3.63) is 78.0 Å². The first-order valence-corrected chi connectivity index (χ1v) is 8.99. The van der Waals surface area contributed by atoms with Crippen molar-refractivity contribution in [2.75, 3.05) is 5.32 Å². The van der Waals surface area contributed by atoms with Crippen molar-refractivity contribution >= 4 is 22.5 Å². The Hall–Kier alpha value is -3.45. The molecule has 0 saturated heterocycles. The molecule has 7 heteroatoms. The SMILES string of the molecule is Cc1ccc2c(c1)cc(C(=O)Nc1ccc([C@H](O)Cn3cncn3)cc1)n2C. The minimum Gasteiger partial charge on any atom is -0.386 e. The number of anilines is 1. The molecule has 0 aliphatic rings. The van der Waals surface area contributed by atoms with E-state index in [1.165, 1.54) is 6.33 Å². The lowest BCUT2D eigenvalue weighted by Crippen LogP contribution is -2.15. The molecule has 2 aromatic heterocycles. The number of carbonyl (C=O) groups excluding carboxylic acids is 1. The van der Waals surface area contributed by atoms with Crippen molar-refractivity contribution in [3.63, 3.8) is 0 Å². The molecule has 0 unspecified atom stereocenters. The number of aryl methyl sites for hydroxylation is 2. The van der Waals surface area contributed by atoms with E-state index in [0.717, 1.165) is 22.0 Å². The van der Waals surface area contributed by atoms with E-state index in [1.807, 2.05) is 36.7 Å². The van der Waals surface area contributed by atoms with Crippen LogP contribution in [0.1, 0.15) is 27.7 Å². The number of fused-ring (bicyclic) bond motifs is 1. The van der Waals surface area contributed by atoms with E-state index in [9.17, 15) is 9.90 Å². The first-order chi connectivity index (χ1) is 13.5. The van der Waals surface area contributed by atoms with E-state index in [4.69, 9.17) is 0 Å². The van der Waals surface area contributed by atoms with E-state index in [0.29, 0.717) is 17.9 Å². The molecule has 0 fully saturated rings. The number of benzene rings is 2. The summed E-state index contributed by atoms with van der Waals surface area (Å²) in [6.07, 6.45) is 2.29. The Morgan fingerprint density at radius 2 is 1.96 bits per heavy atom. The van der Waals surface area contributed by atoms with Gasteiger partial charge in [0.15, 0.2) is 0 Å². The van der Waals surface area contributed by atoms with Crippen LogP contribution >= 0.6 is 0 Å².